The Hall–Kier alpha value is -1.10. The lowest BCUT2D eigenvalue weighted by Crippen LogP contribution is -2.54. The number of nitrogens with two attached hydrogens (primary N) is 1. The van der Waals surface area contributed by atoms with Gasteiger partial charge in [-0.3, -0.25) is 9.59 Å². The van der Waals surface area contributed by atoms with E-state index in [0.717, 1.165) is 0 Å². The number of carbonyl (C=O) groups is 2. The van der Waals surface area contributed by atoms with Gasteiger partial charge in [0.05, 0.1) is 6.04 Å². The summed E-state index contributed by atoms with van der Waals surface area (Å²) in [6.07, 6.45) is 1.24. The molecule has 2 N–H and O–H groups in total. The average Bonchev–Trinajstić information content (AvgIpc) is 2.36. The van der Waals surface area contributed by atoms with Crippen LogP contribution in [0.2, 0.25) is 0 Å². The van der Waals surface area contributed by atoms with Gasteiger partial charge in [0.1, 0.15) is 0 Å². The quantitative estimate of drug-likeness (QED) is 0.792. The first-order chi connectivity index (χ1) is 8.45. The Balaban J connectivity index is 2.41. The molecular formula is C13H25N3O2. The summed E-state index contributed by atoms with van der Waals surface area (Å²) in [5.74, 6) is 0.580. The Morgan fingerprint density at radius 2 is 1.61 bits per heavy atom. The van der Waals surface area contributed by atoms with Crippen molar-refractivity contribution in [1.82, 2.24) is 9.80 Å². The summed E-state index contributed by atoms with van der Waals surface area (Å²) in [5, 5.41) is 0. The first-order valence-corrected chi connectivity index (χ1v) is 6.77. The van der Waals surface area contributed by atoms with Gasteiger partial charge in [-0.25, -0.2) is 0 Å². The molecule has 0 aromatic heterocycles. The van der Waals surface area contributed by atoms with E-state index >= 15 is 0 Å². The van der Waals surface area contributed by atoms with Crippen molar-refractivity contribution in [2.75, 3.05) is 26.2 Å². The highest BCUT2D eigenvalue weighted by Gasteiger charge is 2.26. The maximum Gasteiger partial charge on any atom is 0.239 e. The SMILES string of the molecule is CC[C@@H](N)C(=O)N1CCN(C(=O)CC(C)C)CC1. The summed E-state index contributed by atoms with van der Waals surface area (Å²) in [6, 6.07) is -0.400. The number of nitrogens with zero attached hydrogens (tertiary/aromatic N) is 2. The van der Waals surface area contributed by atoms with E-state index in [-0.39, 0.29) is 11.8 Å². The Kier molecular flexibility index (Phi) is 5.59. The van der Waals surface area contributed by atoms with Crippen LogP contribution in [0.1, 0.15) is 33.6 Å². The van der Waals surface area contributed by atoms with Crippen molar-refractivity contribution in [3.05, 3.63) is 0 Å². The smallest absolute Gasteiger partial charge is 0.239 e. The molecule has 1 aliphatic heterocycles. The lowest BCUT2D eigenvalue weighted by molar-refractivity contribution is -0.140. The molecule has 1 rings (SSSR count). The normalized spacial score (nSPS) is 18.1. The second kappa shape index (κ2) is 6.73. The van der Waals surface area contributed by atoms with Crippen LogP contribution >= 0.6 is 0 Å². The molecule has 2 amide bonds. The van der Waals surface area contributed by atoms with Crippen molar-refractivity contribution < 1.29 is 9.59 Å². The van der Waals surface area contributed by atoms with E-state index < -0.39 is 6.04 Å². The molecule has 1 fully saturated rings. The molecule has 1 saturated heterocycles. The summed E-state index contributed by atoms with van der Waals surface area (Å²) in [6.45, 7) is 8.47. The Morgan fingerprint density at radius 3 is 2.06 bits per heavy atom. The van der Waals surface area contributed by atoms with Gasteiger partial charge < -0.3 is 15.5 Å². The van der Waals surface area contributed by atoms with Crippen LogP contribution in [0.4, 0.5) is 0 Å². The molecule has 1 heterocycles. The van der Waals surface area contributed by atoms with Crippen LogP contribution in [-0.4, -0.2) is 53.8 Å². The fraction of sp³-hybridized carbons (Fsp3) is 0.846. The Morgan fingerprint density at radius 1 is 1.11 bits per heavy atom. The van der Waals surface area contributed by atoms with Gasteiger partial charge in [-0.2, -0.15) is 0 Å². The summed E-state index contributed by atoms with van der Waals surface area (Å²) in [5.41, 5.74) is 5.74. The van der Waals surface area contributed by atoms with Crippen LogP contribution in [-0.2, 0) is 9.59 Å². The molecule has 0 aliphatic carbocycles. The monoisotopic (exact) mass is 255 g/mol. The first-order valence-electron chi connectivity index (χ1n) is 6.77. The van der Waals surface area contributed by atoms with Gasteiger partial charge in [-0.15, -0.1) is 0 Å². The number of hydrogen-bond acceptors (Lipinski definition) is 3. The van der Waals surface area contributed by atoms with Crippen LogP contribution in [0.25, 0.3) is 0 Å². The number of hydrogen-bond donors (Lipinski definition) is 1. The van der Waals surface area contributed by atoms with Crippen LogP contribution < -0.4 is 5.73 Å². The van der Waals surface area contributed by atoms with Crippen molar-refractivity contribution >= 4 is 11.8 Å². The van der Waals surface area contributed by atoms with Gasteiger partial charge in [0.15, 0.2) is 0 Å². The summed E-state index contributed by atoms with van der Waals surface area (Å²) < 4.78 is 0. The topological polar surface area (TPSA) is 66.6 Å². The Labute approximate surface area is 109 Å². The minimum Gasteiger partial charge on any atom is -0.339 e. The predicted octanol–water partition coefficient (Wildman–Crippen LogP) is 0.441. The van der Waals surface area contributed by atoms with E-state index in [0.29, 0.717) is 44.9 Å². The molecule has 104 valence electrons. The van der Waals surface area contributed by atoms with Gasteiger partial charge in [0, 0.05) is 32.6 Å². The molecule has 0 radical (unpaired) electrons. The number of amides is 2. The number of rotatable bonds is 4. The van der Waals surface area contributed by atoms with Crippen molar-refractivity contribution in [1.29, 1.82) is 0 Å². The maximum absolute atomic E-state index is 11.9. The summed E-state index contributed by atoms with van der Waals surface area (Å²) >= 11 is 0. The van der Waals surface area contributed by atoms with E-state index in [1.165, 1.54) is 0 Å². The molecule has 1 atom stereocenters. The maximum atomic E-state index is 11.9. The molecular weight excluding hydrogens is 230 g/mol. The van der Waals surface area contributed by atoms with E-state index in [2.05, 4.69) is 0 Å². The predicted molar refractivity (Wildman–Crippen MR) is 70.9 cm³/mol. The molecule has 0 aromatic carbocycles. The van der Waals surface area contributed by atoms with E-state index in [4.69, 9.17) is 5.73 Å². The minimum absolute atomic E-state index is 0.00783. The summed E-state index contributed by atoms with van der Waals surface area (Å²) in [4.78, 5) is 27.4. The molecule has 0 bridgehead atoms. The van der Waals surface area contributed by atoms with Crippen molar-refractivity contribution in [3.8, 4) is 0 Å². The third kappa shape index (κ3) is 3.98. The third-order valence-corrected chi connectivity index (χ3v) is 3.28. The lowest BCUT2D eigenvalue weighted by Gasteiger charge is -2.36. The molecule has 0 unspecified atom stereocenters. The molecule has 5 heteroatoms. The zero-order valence-electron chi connectivity index (χ0n) is 11.7. The van der Waals surface area contributed by atoms with E-state index in [1.54, 1.807) is 4.90 Å². The standard InChI is InChI=1S/C13H25N3O2/c1-4-11(14)13(18)16-7-5-15(6-8-16)12(17)9-10(2)3/h10-11H,4-9,14H2,1-3H3/t11-/m1/s1. The summed E-state index contributed by atoms with van der Waals surface area (Å²) in [7, 11) is 0. The van der Waals surface area contributed by atoms with Crippen molar-refractivity contribution in [3.63, 3.8) is 0 Å². The number of piperazine rings is 1. The van der Waals surface area contributed by atoms with E-state index in [9.17, 15) is 9.59 Å². The van der Waals surface area contributed by atoms with Crippen molar-refractivity contribution in [2.24, 2.45) is 11.7 Å². The van der Waals surface area contributed by atoms with Gasteiger partial charge >= 0.3 is 0 Å². The molecule has 0 saturated carbocycles. The molecule has 0 spiro atoms. The van der Waals surface area contributed by atoms with Gasteiger partial charge in [0.2, 0.25) is 11.8 Å². The molecule has 1 aliphatic rings. The van der Waals surface area contributed by atoms with Crippen LogP contribution in [0.3, 0.4) is 0 Å². The lowest BCUT2D eigenvalue weighted by atomic mass is 10.1. The third-order valence-electron chi connectivity index (χ3n) is 3.28. The molecule has 5 nitrogen and oxygen atoms in total. The Bertz CT molecular complexity index is 297. The van der Waals surface area contributed by atoms with E-state index in [1.807, 2.05) is 25.7 Å². The fourth-order valence-electron chi connectivity index (χ4n) is 2.06. The second-order valence-electron chi connectivity index (χ2n) is 5.32. The zero-order valence-corrected chi connectivity index (χ0v) is 11.7. The van der Waals surface area contributed by atoms with Crippen molar-refractivity contribution in [2.45, 2.75) is 39.7 Å². The highest BCUT2D eigenvalue weighted by Crippen LogP contribution is 2.09. The largest absolute Gasteiger partial charge is 0.339 e. The number of carbonyl (C=O) groups excluding carboxylic acids is 2. The average molecular weight is 255 g/mol. The van der Waals surface area contributed by atoms with Crippen LogP contribution in [0, 0.1) is 5.92 Å². The first kappa shape index (κ1) is 15.0. The zero-order chi connectivity index (χ0) is 13.7. The highest BCUT2D eigenvalue weighted by molar-refractivity contribution is 5.82. The van der Waals surface area contributed by atoms with Gasteiger partial charge in [-0.1, -0.05) is 20.8 Å². The second-order valence-corrected chi connectivity index (χ2v) is 5.32. The molecule has 0 aromatic rings. The van der Waals surface area contributed by atoms with Crippen LogP contribution in [0.15, 0.2) is 0 Å². The molecule has 18 heavy (non-hydrogen) atoms. The minimum atomic E-state index is -0.400. The fourth-order valence-corrected chi connectivity index (χ4v) is 2.06. The van der Waals surface area contributed by atoms with Crippen LogP contribution in [0.5, 0.6) is 0 Å². The highest BCUT2D eigenvalue weighted by atomic mass is 16.2. The van der Waals surface area contributed by atoms with Gasteiger partial charge in [0.25, 0.3) is 0 Å². The van der Waals surface area contributed by atoms with Gasteiger partial charge in [-0.05, 0) is 12.3 Å².